The maximum atomic E-state index is 13.8. The van der Waals surface area contributed by atoms with E-state index in [2.05, 4.69) is 4.98 Å². The lowest BCUT2D eigenvalue weighted by molar-refractivity contribution is 0.639. The Morgan fingerprint density at radius 1 is 1.05 bits per heavy atom. The van der Waals surface area contributed by atoms with E-state index in [4.69, 9.17) is 5.73 Å². The molecule has 0 fully saturated rings. The fraction of sp³-hybridized carbons (Fsp3) is 0.118. The monoisotopic (exact) mass is 266 g/mol. The van der Waals surface area contributed by atoms with E-state index >= 15 is 0 Å². The highest BCUT2D eigenvalue weighted by molar-refractivity contribution is 5.87. The number of aryl methyl sites for hydroxylation is 1. The lowest BCUT2D eigenvalue weighted by atomic mass is 9.94. The van der Waals surface area contributed by atoms with E-state index in [0.717, 1.165) is 22.1 Å². The zero-order valence-electron chi connectivity index (χ0n) is 11.2. The molecule has 0 aliphatic rings. The van der Waals surface area contributed by atoms with Crippen molar-refractivity contribution >= 4 is 10.8 Å². The summed E-state index contributed by atoms with van der Waals surface area (Å²) in [6.07, 6.45) is 3.55. The molecule has 2 N–H and O–H groups in total. The van der Waals surface area contributed by atoms with Gasteiger partial charge < -0.3 is 5.73 Å². The Balaban J connectivity index is 2.17. The number of hydrogen-bond donors (Lipinski definition) is 1. The number of fused-ring (bicyclic) bond motifs is 1. The van der Waals surface area contributed by atoms with Gasteiger partial charge in [0.15, 0.2) is 0 Å². The first-order valence-electron chi connectivity index (χ1n) is 6.51. The van der Waals surface area contributed by atoms with E-state index in [1.54, 1.807) is 24.5 Å². The molecular formula is C17H15FN2. The topological polar surface area (TPSA) is 38.9 Å². The number of benzene rings is 2. The summed E-state index contributed by atoms with van der Waals surface area (Å²) in [5.41, 5.74) is 9.24. The Hall–Kier alpha value is -2.26. The number of halogens is 1. The van der Waals surface area contributed by atoms with Crippen molar-refractivity contribution in [3.63, 3.8) is 0 Å². The van der Waals surface area contributed by atoms with Gasteiger partial charge in [-0.15, -0.1) is 0 Å². The fourth-order valence-corrected chi connectivity index (χ4v) is 2.48. The molecule has 0 amide bonds. The van der Waals surface area contributed by atoms with Crippen LogP contribution >= 0.6 is 0 Å². The van der Waals surface area contributed by atoms with Crippen molar-refractivity contribution in [1.29, 1.82) is 0 Å². The van der Waals surface area contributed by atoms with Crippen molar-refractivity contribution < 1.29 is 4.39 Å². The summed E-state index contributed by atoms with van der Waals surface area (Å²) in [5.74, 6) is -0.223. The van der Waals surface area contributed by atoms with Gasteiger partial charge in [-0.2, -0.15) is 0 Å². The summed E-state index contributed by atoms with van der Waals surface area (Å²) in [4.78, 5) is 4.17. The van der Waals surface area contributed by atoms with Crippen LogP contribution in [0.5, 0.6) is 0 Å². The molecule has 3 aromatic rings. The smallest absolute Gasteiger partial charge is 0.131 e. The first kappa shape index (κ1) is 12.8. The van der Waals surface area contributed by atoms with Gasteiger partial charge in [0.25, 0.3) is 0 Å². The van der Waals surface area contributed by atoms with Gasteiger partial charge in [0.05, 0.1) is 6.04 Å². The van der Waals surface area contributed by atoms with Crippen LogP contribution in [-0.4, -0.2) is 4.98 Å². The van der Waals surface area contributed by atoms with Crippen LogP contribution in [0.2, 0.25) is 0 Å². The number of nitrogens with two attached hydrogens (primary N) is 1. The quantitative estimate of drug-likeness (QED) is 0.767. The molecule has 0 spiro atoms. The highest BCUT2D eigenvalue weighted by atomic mass is 19.1. The third-order valence-electron chi connectivity index (χ3n) is 3.49. The van der Waals surface area contributed by atoms with Gasteiger partial charge in [0.1, 0.15) is 5.82 Å². The van der Waals surface area contributed by atoms with Crippen LogP contribution in [0.4, 0.5) is 4.39 Å². The summed E-state index contributed by atoms with van der Waals surface area (Å²) in [5, 5.41) is 1.45. The average molecular weight is 266 g/mol. The number of pyridine rings is 1. The Morgan fingerprint density at radius 3 is 2.55 bits per heavy atom. The SMILES string of the molecule is Cc1cncc(C(N)c2ccc(F)c3ccccc23)c1. The summed E-state index contributed by atoms with van der Waals surface area (Å²) in [6.45, 7) is 1.98. The molecule has 1 unspecified atom stereocenters. The largest absolute Gasteiger partial charge is 0.320 e. The fourth-order valence-electron chi connectivity index (χ4n) is 2.48. The van der Waals surface area contributed by atoms with E-state index in [0.29, 0.717) is 5.39 Å². The van der Waals surface area contributed by atoms with Crippen molar-refractivity contribution in [1.82, 2.24) is 4.98 Å². The van der Waals surface area contributed by atoms with E-state index in [1.165, 1.54) is 6.07 Å². The van der Waals surface area contributed by atoms with Gasteiger partial charge >= 0.3 is 0 Å². The molecule has 0 aliphatic heterocycles. The van der Waals surface area contributed by atoms with E-state index in [-0.39, 0.29) is 11.9 Å². The second kappa shape index (κ2) is 5.02. The van der Waals surface area contributed by atoms with Gasteiger partial charge in [0.2, 0.25) is 0 Å². The number of aromatic nitrogens is 1. The molecule has 0 saturated carbocycles. The molecule has 1 aromatic heterocycles. The predicted molar refractivity (Wildman–Crippen MR) is 78.9 cm³/mol. The van der Waals surface area contributed by atoms with Crippen molar-refractivity contribution in [2.45, 2.75) is 13.0 Å². The minimum atomic E-state index is -0.312. The maximum Gasteiger partial charge on any atom is 0.131 e. The molecule has 0 radical (unpaired) electrons. The van der Waals surface area contributed by atoms with Gasteiger partial charge in [-0.05, 0) is 35.1 Å². The molecular weight excluding hydrogens is 251 g/mol. The van der Waals surface area contributed by atoms with Crippen LogP contribution in [0.1, 0.15) is 22.7 Å². The van der Waals surface area contributed by atoms with Crippen molar-refractivity contribution in [3.8, 4) is 0 Å². The number of nitrogens with zero attached hydrogens (tertiary/aromatic N) is 1. The van der Waals surface area contributed by atoms with Crippen molar-refractivity contribution in [2.24, 2.45) is 5.73 Å². The van der Waals surface area contributed by atoms with Gasteiger partial charge in [-0.25, -0.2) is 4.39 Å². The zero-order chi connectivity index (χ0) is 14.1. The highest BCUT2D eigenvalue weighted by Crippen LogP contribution is 2.28. The summed E-state index contributed by atoms with van der Waals surface area (Å²) in [6, 6.07) is 12.3. The molecule has 0 aliphatic carbocycles. The Labute approximate surface area is 117 Å². The third kappa shape index (κ3) is 2.17. The Morgan fingerprint density at radius 2 is 1.80 bits per heavy atom. The second-order valence-electron chi connectivity index (χ2n) is 4.96. The van der Waals surface area contributed by atoms with Crippen molar-refractivity contribution in [3.05, 3.63) is 77.4 Å². The van der Waals surface area contributed by atoms with Crippen LogP contribution in [0.15, 0.2) is 54.9 Å². The summed E-state index contributed by atoms with van der Waals surface area (Å²) >= 11 is 0. The van der Waals surface area contributed by atoms with E-state index in [9.17, 15) is 4.39 Å². The summed E-state index contributed by atoms with van der Waals surface area (Å²) in [7, 11) is 0. The molecule has 1 atom stereocenters. The summed E-state index contributed by atoms with van der Waals surface area (Å²) < 4.78 is 13.8. The maximum absolute atomic E-state index is 13.8. The number of hydrogen-bond acceptors (Lipinski definition) is 2. The van der Waals surface area contributed by atoms with Crippen LogP contribution < -0.4 is 5.73 Å². The van der Waals surface area contributed by atoms with Gasteiger partial charge in [-0.3, -0.25) is 4.98 Å². The van der Waals surface area contributed by atoms with Crippen LogP contribution in [0, 0.1) is 12.7 Å². The predicted octanol–water partition coefficient (Wildman–Crippen LogP) is 3.73. The molecule has 0 saturated heterocycles. The molecule has 3 rings (SSSR count). The molecule has 0 bridgehead atoms. The molecule has 2 aromatic carbocycles. The molecule has 1 heterocycles. The van der Waals surface area contributed by atoms with Gasteiger partial charge in [0, 0.05) is 17.8 Å². The van der Waals surface area contributed by atoms with Crippen molar-refractivity contribution in [2.75, 3.05) is 0 Å². The lowest BCUT2D eigenvalue weighted by Gasteiger charge is -2.15. The Bertz CT molecular complexity index is 768. The second-order valence-corrected chi connectivity index (χ2v) is 4.96. The molecule has 2 nitrogen and oxygen atoms in total. The number of rotatable bonds is 2. The minimum absolute atomic E-state index is 0.223. The average Bonchev–Trinajstić information content (AvgIpc) is 2.47. The first-order valence-corrected chi connectivity index (χ1v) is 6.51. The van der Waals surface area contributed by atoms with Crippen LogP contribution in [0.3, 0.4) is 0 Å². The van der Waals surface area contributed by atoms with Gasteiger partial charge in [-0.1, -0.05) is 36.4 Å². The molecule has 3 heteroatoms. The highest BCUT2D eigenvalue weighted by Gasteiger charge is 2.14. The van der Waals surface area contributed by atoms with E-state index in [1.807, 2.05) is 31.2 Å². The van der Waals surface area contributed by atoms with Crippen LogP contribution in [0.25, 0.3) is 10.8 Å². The molecule has 100 valence electrons. The standard InChI is InChI=1S/C17H15FN2/c1-11-8-12(10-20-9-11)17(19)15-6-7-16(18)14-5-3-2-4-13(14)15/h2-10,17H,19H2,1H3. The van der Waals surface area contributed by atoms with Crippen LogP contribution in [-0.2, 0) is 0 Å². The van der Waals surface area contributed by atoms with E-state index < -0.39 is 0 Å². The molecule has 20 heavy (non-hydrogen) atoms. The zero-order valence-corrected chi connectivity index (χ0v) is 11.2. The Kier molecular flexibility index (Phi) is 3.20. The first-order chi connectivity index (χ1) is 9.66. The normalized spacial score (nSPS) is 12.6. The third-order valence-corrected chi connectivity index (χ3v) is 3.49. The minimum Gasteiger partial charge on any atom is -0.320 e. The lowest BCUT2D eigenvalue weighted by Crippen LogP contribution is -2.13.